The van der Waals surface area contributed by atoms with Gasteiger partial charge in [0.15, 0.2) is 5.65 Å². The van der Waals surface area contributed by atoms with Crippen LogP contribution in [-0.4, -0.2) is 45.5 Å². The Labute approximate surface area is 150 Å². The topological polar surface area (TPSA) is 64.7 Å². The van der Waals surface area contributed by atoms with E-state index >= 15 is 0 Å². The largest absolute Gasteiger partial charge is 0.378 e. The van der Waals surface area contributed by atoms with Crippen LogP contribution in [-0.2, 0) is 11.3 Å². The molecule has 0 amide bonds. The number of pyridine rings is 2. The Balaban J connectivity index is 1.43. The molecule has 0 N–H and O–H groups in total. The zero-order valence-corrected chi connectivity index (χ0v) is 14.5. The van der Waals surface area contributed by atoms with Gasteiger partial charge in [0.2, 0.25) is 0 Å². The number of anilines is 1. The van der Waals surface area contributed by atoms with Crippen molar-refractivity contribution in [2.45, 2.75) is 18.9 Å². The third kappa shape index (κ3) is 2.68. The maximum atomic E-state index is 13.0. The molecule has 2 unspecified atom stereocenters. The Hall–Kier alpha value is -2.67. The molecular formula is C19H21N5O2. The molecule has 1 saturated carbocycles. The summed E-state index contributed by atoms with van der Waals surface area (Å²) in [5.41, 5.74) is 1.76. The fraction of sp³-hybridized carbons (Fsp3) is 0.421. The Morgan fingerprint density at radius 1 is 1.12 bits per heavy atom. The molecule has 7 heteroatoms. The fourth-order valence-electron chi connectivity index (χ4n) is 3.83. The lowest BCUT2D eigenvalue weighted by Crippen LogP contribution is -2.38. The van der Waals surface area contributed by atoms with Gasteiger partial charge in [-0.2, -0.15) is 0 Å². The molecule has 1 aliphatic heterocycles. The quantitative estimate of drug-likeness (QED) is 0.713. The van der Waals surface area contributed by atoms with Crippen molar-refractivity contribution in [3.05, 3.63) is 58.8 Å². The predicted molar refractivity (Wildman–Crippen MR) is 97.6 cm³/mol. The van der Waals surface area contributed by atoms with Crippen molar-refractivity contribution in [2.75, 3.05) is 31.2 Å². The smallest absolute Gasteiger partial charge is 0.352 e. The van der Waals surface area contributed by atoms with Crippen LogP contribution < -0.4 is 10.6 Å². The van der Waals surface area contributed by atoms with Gasteiger partial charge in [-0.1, -0.05) is 12.1 Å². The summed E-state index contributed by atoms with van der Waals surface area (Å²) < 4.78 is 8.77. The van der Waals surface area contributed by atoms with Crippen LogP contribution in [0.2, 0.25) is 0 Å². The summed E-state index contributed by atoms with van der Waals surface area (Å²) in [4.78, 5) is 19.6. The van der Waals surface area contributed by atoms with Crippen LogP contribution in [0.25, 0.3) is 5.65 Å². The molecule has 3 aromatic rings. The molecule has 26 heavy (non-hydrogen) atoms. The summed E-state index contributed by atoms with van der Waals surface area (Å²) in [5, 5.41) is 4.56. The zero-order chi connectivity index (χ0) is 17.5. The van der Waals surface area contributed by atoms with Gasteiger partial charge in [-0.15, -0.1) is 5.10 Å². The number of fused-ring (bicyclic) bond motifs is 1. The second-order valence-corrected chi connectivity index (χ2v) is 7.00. The van der Waals surface area contributed by atoms with Crippen molar-refractivity contribution < 1.29 is 4.74 Å². The molecule has 1 aliphatic carbocycles. The molecule has 2 aliphatic rings. The molecule has 0 radical (unpaired) electrons. The molecule has 1 saturated heterocycles. The van der Waals surface area contributed by atoms with Crippen LogP contribution >= 0.6 is 0 Å². The van der Waals surface area contributed by atoms with E-state index in [4.69, 9.17) is 4.74 Å². The van der Waals surface area contributed by atoms with Gasteiger partial charge in [0, 0.05) is 37.4 Å². The predicted octanol–water partition coefficient (Wildman–Crippen LogP) is 1.53. The van der Waals surface area contributed by atoms with E-state index in [0.29, 0.717) is 37.2 Å². The van der Waals surface area contributed by atoms with E-state index < -0.39 is 0 Å². The third-order valence-electron chi connectivity index (χ3n) is 5.32. The number of morpholine rings is 1. The Bertz CT molecular complexity index is 975. The molecule has 2 atom stereocenters. The second-order valence-electron chi connectivity index (χ2n) is 7.00. The highest BCUT2D eigenvalue weighted by atomic mass is 16.5. The van der Waals surface area contributed by atoms with Gasteiger partial charge >= 0.3 is 5.69 Å². The van der Waals surface area contributed by atoms with Crippen molar-refractivity contribution in [1.82, 2.24) is 19.2 Å². The van der Waals surface area contributed by atoms with Crippen molar-refractivity contribution in [1.29, 1.82) is 0 Å². The molecule has 0 aromatic carbocycles. The van der Waals surface area contributed by atoms with Crippen LogP contribution in [0, 0.1) is 5.92 Å². The average molecular weight is 351 g/mol. The zero-order valence-electron chi connectivity index (χ0n) is 14.5. The van der Waals surface area contributed by atoms with E-state index in [1.165, 1.54) is 0 Å². The van der Waals surface area contributed by atoms with Crippen LogP contribution in [0.5, 0.6) is 0 Å². The Morgan fingerprint density at radius 2 is 2.00 bits per heavy atom. The summed E-state index contributed by atoms with van der Waals surface area (Å²) in [5.74, 6) is 1.77. The number of nitrogens with zero attached hydrogens (tertiary/aromatic N) is 5. The minimum Gasteiger partial charge on any atom is -0.378 e. The lowest BCUT2D eigenvalue weighted by molar-refractivity contribution is 0.122. The number of ether oxygens (including phenoxy) is 1. The molecule has 2 fully saturated rings. The van der Waals surface area contributed by atoms with Crippen molar-refractivity contribution in [3.63, 3.8) is 0 Å². The lowest BCUT2D eigenvalue weighted by Gasteiger charge is -2.28. The van der Waals surface area contributed by atoms with Gasteiger partial charge < -0.3 is 9.64 Å². The summed E-state index contributed by atoms with van der Waals surface area (Å²) in [6.07, 6.45) is 2.89. The van der Waals surface area contributed by atoms with Gasteiger partial charge in [0.05, 0.1) is 13.2 Å². The first-order chi connectivity index (χ1) is 12.8. The van der Waals surface area contributed by atoms with Crippen LogP contribution in [0.3, 0.4) is 0 Å². The highest BCUT2D eigenvalue weighted by molar-refractivity contribution is 5.51. The SMILES string of the molecule is O=c1n(CC2CC2c2ccccn2)nc2cccc(N3CCOCC3)n12. The van der Waals surface area contributed by atoms with E-state index in [1.54, 1.807) is 9.08 Å². The van der Waals surface area contributed by atoms with E-state index in [0.717, 1.165) is 31.0 Å². The van der Waals surface area contributed by atoms with Crippen LogP contribution in [0.1, 0.15) is 18.0 Å². The first-order valence-electron chi connectivity index (χ1n) is 9.13. The van der Waals surface area contributed by atoms with Crippen LogP contribution in [0.15, 0.2) is 47.4 Å². The second kappa shape index (κ2) is 6.25. The summed E-state index contributed by atoms with van der Waals surface area (Å²) >= 11 is 0. The van der Waals surface area contributed by atoms with Gasteiger partial charge in [-0.05, 0) is 36.6 Å². The Morgan fingerprint density at radius 3 is 2.81 bits per heavy atom. The van der Waals surface area contributed by atoms with Gasteiger partial charge in [-0.25, -0.2) is 13.9 Å². The number of aromatic nitrogens is 4. The minimum atomic E-state index is -0.0613. The third-order valence-corrected chi connectivity index (χ3v) is 5.32. The number of hydrogen-bond acceptors (Lipinski definition) is 5. The Kier molecular flexibility index (Phi) is 3.74. The molecular weight excluding hydrogens is 330 g/mol. The van der Waals surface area contributed by atoms with Gasteiger partial charge in [-0.3, -0.25) is 4.98 Å². The first kappa shape index (κ1) is 15.6. The van der Waals surface area contributed by atoms with E-state index in [-0.39, 0.29) is 5.69 Å². The standard InChI is InChI=1S/C19H21N5O2/c25-19-23(13-14-12-15(14)16-4-1-2-7-20-16)21-17-5-3-6-18(24(17)19)22-8-10-26-11-9-22/h1-7,14-15H,8-13H2. The summed E-state index contributed by atoms with van der Waals surface area (Å²) in [7, 11) is 0. The lowest BCUT2D eigenvalue weighted by atomic mass is 10.2. The molecule has 3 aromatic heterocycles. The van der Waals surface area contributed by atoms with E-state index in [9.17, 15) is 4.79 Å². The monoisotopic (exact) mass is 351 g/mol. The van der Waals surface area contributed by atoms with Crippen molar-refractivity contribution >= 4 is 11.5 Å². The molecule has 7 nitrogen and oxygen atoms in total. The molecule has 0 bridgehead atoms. The molecule has 134 valence electrons. The maximum absolute atomic E-state index is 13.0. The number of hydrogen-bond donors (Lipinski definition) is 0. The van der Waals surface area contributed by atoms with Crippen molar-refractivity contribution in [3.8, 4) is 0 Å². The highest BCUT2D eigenvalue weighted by Gasteiger charge is 2.40. The summed E-state index contributed by atoms with van der Waals surface area (Å²) in [6, 6.07) is 11.9. The van der Waals surface area contributed by atoms with Gasteiger partial charge in [0.25, 0.3) is 0 Å². The fourth-order valence-corrected chi connectivity index (χ4v) is 3.83. The normalized spacial score (nSPS) is 22.7. The number of rotatable bonds is 4. The molecule has 5 rings (SSSR count). The average Bonchev–Trinajstić information content (AvgIpc) is 3.40. The molecule has 0 spiro atoms. The highest BCUT2D eigenvalue weighted by Crippen LogP contribution is 2.47. The van der Waals surface area contributed by atoms with Crippen molar-refractivity contribution in [2.24, 2.45) is 5.92 Å². The van der Waals surface area contributed by atoms with Gasteiger partial charge in [0.1, 0.15) is 5.82 Å². The first-order valence-corrected chi connectivity index (χ1v) is 9.13. The maximum Gasteiger partial charge on any atom is 0.352 e. The minimum absolute atomic E-state index is 0.0613. The summed E-state index contributed by atoms with van der Waals surface area (Å²) in [6.45, 7) is 3.60. The van der Waals surface area contributed by atoms with E-state index in [1.807, 2.05) is 36.5 Å². The molecule has 4 heterocycles. The van der Waals surface area contributed by atoms with Crippen LogP contribution in [0.4, 0.5) is 5.82 Å². The van der Waals surface area contributed by atoms with E-state index in [2.05, 4.69) is 21.0 Å².